The number of fused-ring (bicyclic) bond motifs is 1. The van der Waals surface area contributed by atoms with Crippen molar-refractivity contribution in [1.29, 1.82) is 0 Å². The molecule has 0 aliphatic heterocycles. The number of rotatable bonds is 9. The summed E-state index contributed by atoms with van der Waals surface area (Å²) in [7, 11) is 1.51. The third kappa shape index (κ3) is 5.05. The van der Waals surface area contributed by atoms with Gasteiger partial charge in [0.2, 0.25) is 5.91 Å². The SMILES string of the molecule is CCC(C)(C)NC(=O)C(c1c[nH]c2ccccc12)N(C(=O)c1snc(C(N)=O)c1N)c1cccc(OC)c1. The Morgan fingerprint density at radius 1 is 1.18 bits per heavy atom. The summed E-state index contributed by atoms with van der Waals surface area (Å²) in [5, 5.41) is 3.86. The van der Waals surface area contributed by atoms with Crippen molar-refractivity contribution in [2.24, 2.45) is 5.73 Å². The number of aromatic amines is 1. The van der Waals surface area contributed by atoms with Gasteiger partial charge in [-0.2, -0.15) is 4.37 Å². The monoisotopic (exact) mass is 534 g/mol. The minimum Gasteiger partial charge on any atom is -0.497 e. The molecule has 2 heterocycles. The Morgan fingerprint density at radius 2 is 1.92 bits per heavy atom. The first-order valence-electron chi connectivity index (χ1n) is 12.0. The first kappa shape index (κ1) is 26.7. The quantitative estimate of drug-likeness (QED) is 0.254. The van der Waals surface area contributed by atoms with Gasteiger partial charge in [-0.15, -0.1) is 0 Å². The number of ether oxygens (including phenoxy) is 1. The Bertz CT molecular complexity index is 1510. The lowest BCUT2D eigenvalue weighted by Gasteiger charge is -2.34. The number of amides is 3. The van der Waals surface area contributed by atoms with E-state index in [1.54, 1.807) is 30.5 Å². The minimum absolute atomic E-state index is 0.00554. The number of hydrogen-bond acceptors (Lipinski definition) is 7. The third-order valence-electron chi connectivity index (χ3n) is 6.47. The van der Waals surface area contributed by atoms with Crippen LogP contribution in [0, 0.1) is 0 Å². The molecule has 2 aromatic carbocycles. The predicted octanol–water partition coefficient (Wildman–Crippen LogP) is 4.01. The van der Waals surface area contributed by atoms with Crippen LogP contribution in [0.2, 0.25) is 0 Å². The largest absolute Gasteiger partial charge is 0.497 e. The first-order valence-corrected chi connectivity index (χ1v) is 12.8. The number of H-pyrrole nitrogens is 1. The van der Waals surface area contributed by atoms with Crippen LogP contribution in [-0.2, 0) is 4.79 Å². The Kier molecular flexibility index (Phi) is 7.40. The van der Waals surface area contributed by atoms with Crippen molar-refractivity contribution in [3.63, 3.8) is 0 Å². The molecule has 0 aliphatic carbocycles. The fourth-order valence-corrected chi connectivity index (χ4v) is 4.83. The number of hydrogen-bond donors (Lipinski definition) is 4. The summed E-state index contributed by atoms with van der Waals surface area (Å²) in [6, 6.07) is 13.2. The van der Waals surface area contributed by atoms with Gasteiger partial charge in [-0.25, -0.2) is 0 Å². The van der Waals surface area contributed by atoms with Crippen LogP contribution >= 0.6 is 11.5 Å². The van der Waals surface area contributed by atoms with E-state index in [4.69, 9.17) is 16.2 Å². The van der Waals surface area contributed by atoms with Crippen LogP contribution in [0.25, 0.3) is 10.9 Å². The lowest BCUT2D eigenvalue weighted by atomic mass is 9.97. The van der Waals surface area contributed by atoms with Crippen molar-refractivity contribution < 1.29 is 19.1 Å². The van der Waals surface area contributed by atoms with Crippen LogP contribution < -0.4 is 26.4 Å². The summed E-state index contributed by atoms with van der Waals surface area (Å²) in [6.45, 7) is 5.79. The standard InChI is InChI=1S/C27H30N6O4S/c1-5-27(2,3)31-25(35)22(18-14-30-19-12-7-6-11-17(18)19)33(15-9-8-10-16(13-15)37-4)26(36)23-20(28)21(24(29)34)32-38-23/h6-14,22,30H,5,28H2,1-4H3,(H2,29,34)(H,31,35). The number of nitrogens with two attached hydrogens (primary N) is 2. The number of methoxy groups -OCH3 is 1. The molecule has 4 aromatic rings. The van der Waals surface area contributed by atoms with Crippen LogP contribution in [0.4, 0.5) is 11.4 Å². The highest BCUT2D eigenvalue weighted by atomic mass is 32.1. The van der Waals surface area contributed by atoms with Crippen molar-refractivity contribution >= 4 is 51.5 Å². The number of aromatic nitrogens is 2. The van der Waals surface area contributed by atoms with Crippen molar-refractivity contribution in [2.75, 3.05) is 17.7 Å². The summed E-state index contributed by atoms with van der Waals surface area (Å²) in [4.78, 5) is 44.7. The van der Waals surface area contributed by atoms with Gasteiger partial charge in [0.15, 0.2) is 5.69 Å². The molecule has 0 saturated carbocycles. The lowest BCUT2D eigenvalue weighted by molar-refractivity contribution is -0.124. The molecule has 0 spiro atoms. The van der Waals surface area contributed by atoms with Crippen molar-refractivity contribution in [3.8, 4) is 5.75 Å². The predicted molar refractivity (Wildman–Crippen MR) is 148 cm³/mol. The second kappa shape index (κ2) is 10.5. The molecular formula is C27H30N6O4S. The number of anilines is 2. The molecule has 1 unspecified atom stereocenters. The van der Waals surface area contributed by atoms with E-state index in [2.05, 4.69) is 14.7 Å². The molecule has 10 nitrogen and oxygen atoms in total. The molecular weight excluding hydrogens is 504 g/mol. The maximum absolute atomic E-state index is 14.2. The summed E-state index contributed by atoms with van der Waals surface area (Å²) >= 11 is 0.755. The molecule has 4 rings (SSSR count). The van der Waals surface area contributed by atoms with Gasteiger partial charge in [-0.3, -0.25) is 19.3 Å². The Hall–Kier alpha value is -4.38. The maximum atomic E-state index is 14.2. The molecule has 11 heteroatoms. The lowest BCUT2D eigenvalue weighted by Crippen LogP contribution is -2.50. The molecule has 3 amide bonds. The number of benzene rings is 2. The van der Waals surface area contributed by atoms with Crippen molar-refractivity contribution in [3.05, 3.63) is 70.9 Å². The molecule has 38 heavy (non-hydrogen) atoms. The molecule has 198 valence electrons. The van der Waals surface area contributed by atoms with Gasteiger partial charge < -0.3 is 26.5 Å². The van der Waals surface area contributed by atoms with Gasteiger partial charge >= 0.3 is 0 Å². The average molecular weight is 535 g/mol. The summed E-state index contributed by atoms with van der Waals surface area (Å²) in [5.41, 5.74) is 12.5. The number of carbonyl (C=O) groups excluding carboxylic acids is 3. The van der Waals surface area contributed by atoms with E-state index >= 15 is 0 Å². The zero-order valence-corrected chi connectivity index (χ0v) is 22.4. The minimum atomic E-state index is -1.12. The van der Waals surface area contributed by atoms with E-state index in [0.717, 1.165) is 22.4 Å². The van der Waals surface area contributed by atoms with Gasteiger partial charge in [0.1, 0.15) is 16.7 Å². The van der Waals surface area contributed by atoms with E-state index in [-0.39, 0.29) is 16.3 Å². The maximum Gasteiger partial charge on any atom is 0.273 e. The first-order chi connectivity index (χ1) is 18.1. The zero-order valence-electron chi connectivity index (χ0n) is 21.6. The number of carbonyl (C=O) groups is 3. The number of primary amides is 1. The highest BCUT2D eigenvalue weighted by Gasteiger charge is 2.38. The van der Waals surface area contributed by atoms with Crippen LogP contribution in [0.5, 0.6) is 5.75 Å². The van der Waals surface area contributed by atoms with Gasteiger partial charge in [-0.05, 0) is 50.0 Å². The van der Waals surface area contributed by atoms with E-state index in [0.29, 0.717) is 23.4 Å². The van der Waals surface area contributed by atoms with E-state index < -0.39 is 29.3 Å². The molecule has 0 radical (unpaired) electrons. The number of para-hydroxylation sites is 1. The van der Waals surface area contributed by atoms with E-state index in [1.807, 2.05) is 45.0 Å². The summed E-state index contributed by atoms with van der Waals surface area (Å²) in [6.07, 6.45) is 2.38. The smallest absolute Gasteiger partial charge is 0.273 e. The molecule has 0 fully saturated rings. The fourth-order valence-electron chi connectivity index (χ4n) is 4.09. The second-order valence-electron chi connectivity index (χ2n) is 9.43. The number of nitrogens with zero attached hydrogens (tertiary/aromatic N) is 2. The normalized spacial score (nSPS) is 12.2. The van der Waals surface area contributed by atoms with E-state index in [1.165, 1.54) is 12.0 Å². The highest BCUT2D eigenvalue weighted by molar-refractivity contribution is 7.09. The van der Waals surface area contributed by atoms with Crippen LogP contribution in [0.15, 0.2) is 54.7 Å². The summed E-state index contributed by atoms with van der Waals surface area (Å²) in [5.74, 6) is -1.36. The van der Waals surface area contributed by atoms with Crippen molar-refractivity contribution in [2.45, 2.75) is 38.8 Å². The van der Waals surface area contributed by atoms with Gasteiger partial charge in [-0.1, -0.05) is 31.2 Å². The van der Waals surface area contributed by atoms with Gasteiger partial charge in [0.05, 0.1) is 12.8 Å². The molecule has 0 aliphatic rings. The zero-order chi connectivity index (χ0) is 27.6. The highest BCUT2D eigenvalue weighted by Crippen LogP contribution is 2.37. The number of nitrogens with one attached hydrogen (secondary N) is 2. The fraction of sp³-hybridized carbons (Fsp3) is 0.259. The van der Waals surface area contributed by atoms with E-state index in [9.17, 15) is 14.4 Å². The molecule has 1 atom stereocenters. The second-order valence-corrected chi connectivity index (χ2v) is 10.2. The molecule has 2 aromatic heterocycles. The Balaban J connectivity index is 1.97. The third-order valence-corrected chi connectivity index (χ3v) is 7.32. The molecule has 0 bridgehead atoms. The average Bonchev–Trinajstić information content (AvgIpc) is 3.50. The van der Waals surface area contributed by atoms with Crippen LogP contribution in [-0.4, -0.2) is 39.7 Å². The number of nitrogen functional groups attached to an aromatic ring is 1. The molecule has 6 N–H and O–H groups in total. The molecule has 0 saturated heterocycles. The van der Waals surface area contributed by atoms with Crippen LogP contribution in [0.3, 0.4) is 0 Å². The van der Waals surface area contributed by atoms with Crippen LogP contribution in [0.1, 0.15) is 59.0 Å². The summed E-state index contributed by atoms with van der Waals surface area (Å²) < 4.78 is 9.41. The van der Waals surface area contributed by atoms with Crippen molar-refractivity contribution in [1.82, 2.24) is 14.7 Å². The van der Waals surface area contributed by atoms with Gasteiger partial charge in [0, 0.05) is 40.0 Å². The topological polar surface area (TPSA) is 156 Å². The van der Waals surface area contributed by atoms with Gasteiger partial charge in [0.25, 0.3) is 11.8 Å². The Labute approximate surface area is 224 Å². The Morgan fingerprint density at radius 3 is 2.58 bits per heavy atom.